The third kappa shape index (κ3) is 1.79. The van der Waals surface area contributed by atoms with Gasteiger partial charge in [-0.2, -0.15) is 0 Å². The van der Waals surface area contributed by atoms with E-state index in [1.165, 1.54) is 0 Å². The van der Waals surface area contributed by atoms with Gasteiger partial charge in [0.2, 0.25) is 0 Å². The number of pyridine rings is 1. The molecule has 0 fully saturated rings. The number of rotatable bonds is 2. The molecule has 4 nitrogen and oxygen atoms in total. The Morgan fingerprint density at radius 1 is 1.12 bits per heavy atom. The molecule has 17 heavy (non-hydrogen) atoms. The minimum atomic E-state index is 0.541. The number of H-pyrrole nitrogens is 1. The highest BCUT2D eigenvalue weighted by Gasteiger charge is 2.04. The maximum Gasteiger partial charge on any atom is 0.138 e. The maximum absolute atomic E-state index is 5.62. The number of aromatic nitrogens is 3. The summed E-state index contributed by atoms with van der Waals surface area (Å²) in [7, 11) is 0. The second-order valence-electron chi connectivity index (χ2n) is 3.88. The summed E-state index contributed by atoms with van der Waals surface area (Å²) in [5.74, 6) is 0.858. The summed E-state index contributed by atoms with van der Waals surface area (Å²) >= 11 is 0. The zero-order valence-electron chi connectivity index (χ0n) is 9.22. The highest BCUT2D eigenvalue weighted by molar-refractivity contribution is 5.79. The van der Waals surface area contributed by atoms with Gasteiger partial charge in [0.1, 0.15) is 5.82 Å². The summed E-state index contributed by atoms with van der Waals surface area (Å²) in [6.45, 7) is 0.541. The molecule has 0 aliphatic carbocycles. The molecular weight excluding hydrogens is 212 g/mol. The van der Waals surface area contributed by atoms with Crippen molar-refractivity contribution in [3.8, 4) is 11.4 Å². The smallest absolute Gasteiger partial charge is 0.138 e. The van der Waals surface area contributed by atoms with Crippen LogP contribution in [-0.2, 0) is 6.54 Å². The van der Waals surface area contributed by atoms with Crippen molar-refractivity contribution in [3.05, 3.63) is 48.3 Å². The molecule has 3 N–H and O–H groups in total. The van der Waals surface area contributed by atoms with E-state index >= 15 is 0 Å². The largest absolute Gasteiger partial charge is 0.338 e. The van der Waals surface area contributed by atoms with E-state index in [-0.39, 0.29) is 0 Å². The van der Waals surface area contributed by atoms with Crippen molar-refractivity contribution in [1.29, 1.82) is 0 Å². The summed E-state index contributed by atoms with van der Waals surface area (Å²) in [6.07, 6.45) is 3.52. The number of nitrogens with one attached hydrogen (secondary N) is 1. The van der Waals surface area contributed by atoms with E-state index in [0.29, 0.717) is 6.54 Å². The minimum Gasteiger partial charge on any atom is -0.338 e. The first-order valence-electron chi connectivity index (χ1n) is 5.46. The molecule has 2 aromatic heterocycles. The zero-order chi connectivity index (χ0) is 11.7. The lowest BCUT2D eigenvalue weighted by Crippen LogP contribution is -1.95. The van der Waals surface area contributed by atoms with E-state index in [0.717, 1.165) is 28.0 Å². The fourth-order valence-electron chi connectivity index (χ4n) is 1.83. The van der Waals surface area contributed by atoms with Crippen molar-refractivity contribution in [1.82, 2.24) is 15.0 Å². The number of benzene rings is 1. The standard InChI is InChI=1S/C13H12N4/c14-8-9-1-2-11-12(7-9)17-13(16-11)10-3-5-15-6-4-10/h1-7H,8,14H2,(H,16,17). The Labute approximate surface area is 98.5 Å². The molecule has 0 unspecified atom stereocenters. The Morgan fingerprint density at radius 3 is 2.71 bits per heavy atom. The molecule has 0 saturated heterocycles. The van der Waals surface area contributed by atoms with Crippen molar-refractivity contribution in [2.45, 2.75) is 6.54 Å². The SMILES string of the molecule is NCc1ccc2nc(-c3ccncc3)[nH]c2c1. The highest BCUT2D eigenvalue weighted by atomic mass is 14.9. The first kappa shape index (κ1) is 9.99. The maximum atomic E-state index is 5.62. The first-order chi connectivity index (χ1) is 8.36. The van der Waals surface area contributed by atoms with Gasteiger partial charge in [-0.05, 0) is 29.8 Å². The Balaban J connectivity index is 2.14. The molecule has 3 aromatic rings. The number of hydrogen-bond acceptors (Lipinski definition) is 3. The van der Waals surface area contributed by atoms with Crippen LogP contribution in [0, 0.1) is 0 Å². The third-order valence-corrected chi connectivity index (χ3v) is 2.74. The Morgan fingerprint density at radius 2 is 1.94 bits per heavy atom. The first-order valence-corrected chi connectivity index (χ1v) is 5.46. The Hall–Kier alpha value is -2.20. The second-order valence-corrected chi connectivity index (χ2v) is 3.88. The molecule has 4 heteroatoms. The van der Waals surface area contributed by atoms with Gasteiger partial charge in [0.05, 0.1) is 11.0 Å². The van der Waals surface area contributed by atoms with E-state index in [1.54, 1.807) is 12.4 Å². The van der Waals surface area contributed by atoms with Crippen LogP contribution in [0.5, 0.6) is 0 Å². The lowest BCUT2D eigenvalue weighted by molar-refractivity contribution is 1.07. The van der Waals surface area contributed by atoms with Crippen LogP contribution >= 0.6 is 0 Å². The molecular formula is C13H12N4. The topological polar surface area (TPSA) is 67.6 Å². The fourth-order valence-corrected chi connectivity index (χ4v) is 1.83. The summed E-state index contributed by atoms with van der Waals surface area (Å²) in [6, 6.07) is 9.88. The minimum absolute atomic E-state index is 0.541. The Kier molecular flexibility index (Phi) is 2.34. The van der Waals surface area contributed by atoms with Gasteiger partial charge in [0, 0.05) is 24.5 Å². The molecule has 0 saturated carbocycles. The van der Waals surface area contributed by atoms with Crippen LogP contribution in [0.2, 0.25) is 0 Å². The number of nitrogens with zero attached hydrogens (tertiary/aromatic N) is 2. The van der Waals surface area contributed by atoms with Gasteiger partial charge in [0.15, 0.2) is 0 Å². The van der Waals surface area contributed by atoms with E-state index in [9.17, 15) is 0 Å². The van der Waals surface area contributed by atoms with Crippen LogP contribution in [-0.4, -0.2) is 15.0 Å². The van der Waals surface area contributed by atoms with Gasteiger partial charge in [-0.25, -0.2) is 4.98 Å². The highest BCUT2D eigenvalue weighted by Crippen LogP contribution is 2.20. The van der Waals surface area contributed by atoms with E-state index < -0.39 is 0 Å². The molecule has 0 radical (unpaired) electrons. The van der Waals surface area contributed by atoms with Crippen LogP contribution in [0.15, 0.2) is 42.7 Å². The van der Waals surface area contributed by atoms with Crippen molar-refractivity contribution in [2.75, 3.05) is 0 Å². The summed E-state index contributed by atoms with van der Waals surface area (Å²) in [5.41, 5.74) is 9.72. The molecule has 0 spiro atoms. The van der Waals surface area contributed by atoms with Crippen molar-refractivity contribution in [3.63, 3.8) is 0 Å². The van der Waals surface area contributed by atoms with Crippen LogP contribution in [0.25, 0.3) is 22.4 Å². The lowest BCUT2D eigenvalue weighted by Gasteiger charge is -1.94. The molecule has 0 aliphatic heterocycles. The molecule has 0 atom stereocenters. The summed E-state index contributed by atoms with van der Waals surface area (Å²) in [4.78, 5) is 11.8. The zero-order valence-corrected chi connectivity index (χ0v) is 9.22. The van der Waals surface area contributed by atoms with Crippen molar-refractivity contribution >= 4 is 11.0 Å². The lowest BCUT2D eigenvalue weighted by atomic mass is 10.2. The average molecular weight is 224 g/mol. The quantitative estimate of drug-likeness (QED) is 0.700. The number of nitrogens with two attached hydrogens (primary N) is 1. The summed E-state index contributed by atoms with van der Waals surface area (Å²) < 4.78 is 0. The van der Waals surface area contributed by atoms with Crippen LogP contribution in [0.4, 0.5) is 0 Å². The predicted molar refractivity (Wildman–Crippen MR) is 67.2 cm³/mol. The van der Waals surface area contributed by atoms with Crippen LogP contribution in [0.3, 0.4) is 0 Å². The molecule has 2 heterocycles. The molecule has 0 amide bonds. The van der Waals surface area contributed by atoms with Gasteiger partial charge >= 0.3 is 0 Å². The summed E-state index contributed by atoms with van der Waals surface area (Å²) in [5, 5.41) is 0. The van der Waals surface area contributed by atoms with Gasteiger partial charge in [0.25, 0.3) is 0 Å². The van der Waals surface area contributed by atoms with Crippen molar-refractivity contribution in [2.24, 2.45) is 5.73 Å². The fraction of sp³-hybridized carbons (Fsp3) is 0.0769. The molecule has 0 aliphatic rings. The monoisotopic (exact) mass is 224 g/mol. The van der Waals surface area contributed by atoms with E-state index in [2.05, 4.69) is 15.0 Å². The number of imidazole rings is 1. The molecule has 1 aromatic carbocycles. The third-order valence-electron chi connectivity index (χ3n) is 2.74. The van der Waals surface area contributed by atoms with Crippen LogP contribution < -0.4 is 5.73 Å². The molecule has 84 valence electrons. The van der Waals surface area contributed by atoms with Gasteiger partial charge < -0.3 is 10.7 Å². The number of fused-ring (bicyclic) bond motifs is 1. The van der Waals surface area contributed by atoms with E-state index in [1.807, 2.05) is 30.3 Å². The second kappa shape index (κ2) is 3.99. The molecule has 0 bridgehead atoms. The molecule has 3 rings (SSSR count). The number of aromatic amines is 1. The predicted octanol–water partition coefficient (Wildman–Crippen LogP) is 2.08. The Bertz CT molecular complexity index is 643. The average Bonchev–Trinajstić information content (AvgIpc) is 2.82. The normalized spacial score (nSPS) is 10.9. The van der Waals surface area contributed by atoms with Gasteiger partial charge in [-0.15, -0.1) is 0 Å². The number of hydrogen-bond donors (Lipinski definition) is 2. The van der Waals surface area contributed by atoms with Gasteiger partial charge in [-0.1, -0.05) is 6.07 Å². The van der Waals surface area contributed by atoms with Gasteiger partial charge in [-0.3, -0.25) is 4.98 Å². The van der Waals surface area contributed by atoms with E-state index in [4.69, 9.17) is 5.73 Å². The van der Waals surface area contributed by atoms with Crippen LogP contribution in [0.1, 0.15) is 5.56 Å². The van der Waals surface area contributed by atoms with Crippen molar-refractivity contribution < 1.29 is 0 Å².